The molecule has 3 amide bonds. The summed E-state index contributed by atoms with van der Waals surface area (Å²) in [4.78, 5) is 55.7. The number of hydrogen-bond donors (Lipinski definition) is 2. The van der Waals surface area contributed by atoms with Crippen molar-refractivity contribution in [3.8, 4) is 11.8 Å². The number of ether oxygens (including phenoxy) is 1. The van der Waals surface area contributed by atoms with Gasteiger partial charge in [-0.3, -0.25) is 34.3 Å². The van der Waals surface area contributed by atoms with E-state index in [0.29, 0.717) is 50.4 Å². The number of alkyl halides is 3. The first kappa shape index (κ1) is 40.9. The van der Waals surface area contributed by atoms with Crippen molar-refractivity contribution in [3.63, 3.8) is 0 Å². The molecule has 3 aliphatic heterocycles. The highest BCUT2D eigenvalue weighted by Crippen LogP contribution is 2.49. The second-order valence-corrected chi connectivity index (χ2v) is 15.9. The summed E-state index contributed by atoms with van der Waals surface area (Å²) in [6.45, 7) is 4.52. The van der Waals surface area contributed by atoms with Crippen molar-refractivity contribution in [2.24, 2.45) is 5.92 Å². The van der Waals surface area contributed by atoms with Gasteiger partial charge in [0.15, 0.2) is 10.9 Å². The van der Waals surface area contributed by atoms with Crippen molar-refractivity contribution >= 4 is 57.9 Å². The highest BCUT2D eigenvalue weighted by atomic mass is 32.1. The number of nitriles is 1. The van der Waals surface area contributed by atoms with Gasteiger partial charge in [-0.1, -0.05) is 19.1 Å². The molecule has 3 aromatic rings. The van der Waals surface area contributed by atoms with Gasteiger partial charge >= 0.3 is 6.18 Å². The van der Waals surface area contributed by atoms with Gasteiger partial charge in [-0.25, -0.2) is 0 Å². The fourth-order valence-corrected chi connectivity index (χ4v) is 8.91. The number of likely N-dealkylation sites (tertiary alicyclic amines) is 1. The number of carbonyl (C=O) groups is 4. The highest BCUT2D eigenvalue weighted by molar-refractivity contribution is 7.81. The number of nitrogens with zero attached hydrogens (tertiary/aromatic N) is 4. The van der Waals surface area contributed by atoms with Gasteiger partial charge in [0.25, 0.3) is 5.91 Å². The molecular formula is C43H45F3N6O5S. The van der Waals surface area contributed by atoms with Gasteiger partial charge in [-0.2, -0.15) is 18.4 Å². The van der Waals surface area contributed by atoms with Crippen LogP contribution in [0, 0.1) is 17.2 Å². The number of amides is 3. The average Bonchev–Trinajstić information content (AvgIpc) is 3.42. The topological polar surface area (TPSA) is 135 Å². The largest absolute Gasteiger partial charge is 0.493 e. The smallest absolute Gasteiger partial charge is 0.417 e. The van der Waals surface area contributed by atoms with Crippen LogP contribution in [0.25, 0.3) is 0 Å². The number of imide groups is 1. The summed E-state index contributed by atoms with van der Waals surface area (Å²) in [6, 6.07) is 17.5. The van der Waals surface area contributed by atoms with Gasteiger partial charge in [-0.05, 0) is 142 Å². The van der Waals surface area contributed by atoms with Gasteiger partial charge in [-0.15, -0.1) is 0 Å². The Morgan fingerprint density at radius 2 is 1.79 bits per heavy atom. The predicted octanol–water partition coefficient (Wildman–Crippen LogP) is 6.71. The van der Waals surface area contributed by atoms with E-state index in [2.05, 4.69) is 15.5 Å². The number of anilines is 3. The minimum Gasteiger partial charge on any atom is -0.493 e. The fraction of sp³-hybridized carbons (Fsp3) is 0.442. The number of carbonyl (C=O) groups excluding carboxylic acids is 4. The molecule has 304 valence electrons. The minimum absolute atomic E-state index is 0.0212. The quantitative estimate of drug-likeness (QED) is 0.142. The van der Waals surface area contributed by atoms with Crippen LogP contribution in [0.1, 0.15) is 80.5 Å². The number of nitrogens with one attached hydrogen (secondary N) is 2. The molecule has 2 N–H and O–H groups in total. The van der Waals surface area contributed by atoms with E-state index in [4.69, 9.17) is 17.0 Å². The van der Waals surface area contributed by atoms with Crippen molar-refractivity contribution in [1.29, 1.82) is 5.26 Å². The minimum atomic E-state index is -4.78. The first-order chi connectivity index (χ1) is 27.8. The monoisotopic (exact) mass is 814 g/mol. The number of hydrogen-bond acceptors (Lipinski definition) is 9. The number of thiocarbonyl (C=S) groups is 1. The van der Waals surface area contributed by atoms with E-state index in [-0.39, 0.29) is 47.1 Å². The Kier molecular flexibility index (Phi) is 11.9. The third-order valence-electron chi connectivity index (χ3n) is 11.8. The van der Waals surface area contributed by atoms with Crippen molar-refractivity contribution in [2.75, 3.05) is 41.4 Å². The first-order valence-electron chi connectivity index (χ1n) is 19.8. The molecule has 4 aliphatic rings. The number of benzene rings is 3. The zero-order valence-electron chi connectivity index (χ0n) is 32.2. The lowest BCUT2D eigenvalue weighted by Crippen LogP contribution is -2.55. The molecule has 1 unspecified atom stereocenters. The van der Waals surface area contributed by atoms with Crippen LogP contribution >= 0.6 is 12.2 Å². The Morgan fingerprint density at radius 3 is 2.47 bits per heavy atom. The van der Waals surface area contributed by atoms with Gasteiger partial charge in [0.2, 0.25) is 11.8 Å². The summed E-state index contributed by atoms with van der Waals surface area (Å²) in [7, 11) is 0. The summed E-state index contributed by atoms with van der Waals surface area (Å²) in [5.74, 6) is 0.313. The van der Waals surface area contributed by atoms with Crippen molar-refractivity contribution in [2.45, 2.75) is 88.9 Å². The Balaban J connectivity index is 0.910. The van der Waals surface area contributed by atoms with Crippen LogP contribution < -0.4 is 25.2 Å². The lowest BCUT2D eigenvalue weighted by Gasteiger charge is -2.43. The SMILES string of the molecule is CCc1cc(N2C(=S)N(c3ccc(C#N)c(C(F)(F)F)c3)C(=O)C23CCC3)ccc1OCCC1CCN(CC(=O)Cc2cccc(NC3CCC(=O)NC3=O)c2)CC1. The predicted molar refractivity (Wildman–Crippen MR) is 215 cm³/mol. The molecule has 58 heavy (non-hydrogen) atoms. The molecule has 3 aromatic carbocycles. The summed E-state index contributed by atoms with van der Waals surface area (Å²) < 4.78 is 47.8. The molecule has 0 radical (unpaired) electrons. The lowest BCUT2D eigenvalue weighted by molar-refractivity contribution is -0.138. The van der Waals surface area contributed by atoms with Gasteiger partial charge < -0.3 is 15.0 Å². The second-order valence-electron chi connectivity index (χ2n) is 15.5. The van der Waals surface area contributed by atoms with Gasteiger partial charge in [0, 0.05) is 24.2 Å². The summed E-state index contributed by atoms with van der Waals surface area (Å²) >= 11 is 5.81. The number of aryl methyl sites for hydroxylation is 1. The Morgan fingerprint density at radius 1 is 1.03 bits per heavy atom. The summed E-state index contributed by atoms with van der Waals surface area (Å²) in [6.07, 6.45) is 1.42. The zero-order valence-corrected chi connectivity index (χ0v) is 33.0. The van der Waals surface area contributed by atoms with E-state index in [1.807, 2.05) is 49.4 Å². The van der Waals surface area contributed by atoms with E-state index in [9.17, 15) is 37.6 Å². The van der Waals surface area contributed by atoms with E-state index in [1.54, 1.807) is 11.0 Å². The zero-order chi connectivity index (χ0) is 41.2. The molecular weight excluding hydrogens is 770 g/mol. The maximum atomic E-state index is 13.9. The normalized spacial score (nSPS) is 19.9. The van der Waals surface area contributed by atoms with Crippen LogP contribution in [-0.2, 0) is 38.2 Å². The summed E-state index contributed by atoms with van der Waals surface area (Å²) in [5.41, 5.74) is 0.546. The number of piperidine rings is 2. The third-order valence-corrected chi connectivity index (χ3v) is 12.1. The average molecular weight is 815 g/mol. The van der Waals surface area contributed by atoms with E-state index in [1.165, 1.54) is 11.0 Å². The van der Waals surface area contributed by atoms with Crippen molar-refractivity contribution in [3.05, 3.63) is 82.9 Å². The second kappa shape index (κ2) is 16.9. The molecule has 1 atom stereocenters. The fourth-order valence-electron chi connectivity index (χ4n) is 8.44. The molecule has 15 heteroatoms. The van der Waals surface area contributed by atoms with Gasteiger partial charge in [0.1, 0.15) is 17.3 Å². The lowest BCUT2D eigenvalue weighted by atomic mass is 9.75. The van der Waals surface area contributed by atoms with Crippen LogP contribution in [0.2, 0.25) is 0 Å². The van der Waals surface area contributed by atoms with Crippen LogP contribution in [0.3, 0.4) is 0 Å². The summed E-state index contributed by atoms with van der Waals surface area (Å²) in [5, 5.41) is 14.9. The molecule has 3 saturated heterocycles. The van der Waals surface area contributed by atoms with Crippen molar-refractivity contribution in [1.82, 2.24) is 10.2 Å². The molecule has 7 rings (SSSR count). The number of ketones is 1. The highest BCUT2D eigenvalue weighted by Gasteiger charge is 2.59. The van der Waals surface area contributed by atoms with Crippen LogP contribution in [0.5, 0.6) is 5.75 Å². The molecule has 0 aromatic heterocycles. The molecule has 11 nitrogen and oxygen atoms in total. The molecule has 1 aliphatic carbocycles. The van der Waals surface area contributed by atoms with Crippen LogP contribution in [0.4, 0.5) is 30.2 Å². The molecule has 4 fully saturated rings. The molecule has 1 saturated carbocycles. The van der Waals surface area contributed by atoms with Crippen molar-refractivity contribution < 1.29 is 37.1 Å². The molecule has 1 spiro atoms. The van der Waals surface area contributed by atoms with E-state index >= 15 is 0 Å². The van der Waals surface area contributed by atoms with E-state index < -0.39 is 28.9 Å². The number of halogens is 3. The maximum Gasteiger partial charge on any atom is 0.417 e. The maximum absolute atomic E-state index is 13.9. The Bertz CT molecular complexity index is 2160. The van der Waals surface area contributed by atoms with E-state index in [0.717, 1.165) is 73.5 Å². The van der Waals surface area contributed by atoms with Gasteiger partial charge in [0.05, 0.1) is 36.0 Å². The standard InChI is InChI=1S/C43H45F3N6O5S/c1-2-29-23-33(52-41(58)51(40(56)42(52)16-4-17-42)32-8-7-30(25-47)35(24-32)43(44,45)46)9-11-37(29)57-20-15-27-13-18-50(19-14-27)26-34(53)22-28-5-3-6-31(21-28)48-36-10-12-38(54)49-39(36)55/h3,5-9,11,21,23-24,27,36,48H,2,4,10,12-20,22,26H2,1H3,(H,49,54,55). The molecule has 0 bridgehead atoms. The first-order valence-corrected chi connectivity index (χ1v) is 20.2. The Hall–Kier alpha value is -5.33. The van der Waals surface area contributed by atoms with Crippen LogP contribution in [0.15, 0.2) is 60.7 Å². The number of rotatable bonds is 13. The number of Topliss-reactive ketones (excluding diaryl/α,β-unsaturated/α-hetero) is 1. The van der Waals surface area contributed by atoms with Crippen LogP contribution in [-0.4, -0.2) is 71.3 Å². The Labute approximate surface area is 340 Å². The molecule has 3 heterocycles. The third kappa shape index (κ3) is 8.44.